The summed E-state index contributed by atoms with van der Waals surface area (Å²) in [4.78, 5) is 0. The van der Waals surface area contributed by atoms with Crippen molar-refractivity contribution >= 4 is 9.84 Å². The first-order valence-electron chi connectivity index (χ1n) is 7.02. The van der Waals surface area contributed by atoms with Crippen molar-refractivity contribution in [2.75, 3.05) is 18.9 Å². The first-order chi connectivity index (χ1) is 8.45. The van der Waals surface area contributed by atoms with E-state index in [-0.39, 0.29) is 17.1 Å². The predicted molar refractivity (Wildman–Crippen MR) is 74.6 cm³/mol. The average molecular weight is 277 g/mol. The lowest BCUT2D eigenvalue weighted by Crippen LogP contribution is -2.38. The maximum atomic E-state index is 12.1. The van der Waals surface area contributed by atoms with E-state index in [1.54, 1.807) is 6.92 Å². The highest BCUT2D eigenvalue weighted by Crippen LogP contribution is 2.16. The molecular weight excluding hydrogens is 250 g/mol. The summed E-state index contributed by atoms with van der Waals surface area (Å²) in [6.07, 6.45) is 3.99. The third-order valence-electron chi connectivity index (χ3n) is 3.53. The van der Waals surface area contributed by atoms with Crippen LogP contribution in [0.25, 0.3) is 0 Å². The summed E-state index contributed by atoms with van der Waals surface area (Å²) < 4.78 is 29.7. The summed E-state index contributed by atoms with van der Waals surface area (Å²) in [6.45, 7) is 7.27. The molecular formula is C13H27NO3S. The topological polar surface area (TPSA) is 55.4 Å². The van der Waals surface area contributed by atoms with Crippen LogP contribution in [0.15, 0.2) is 0 Å². The zero-order chi connectivity index (χ0) is 13.6. The third-order valence-corrected chi connectivity index (χ3v) is 5.76. The van der Waals surface area contributed by atoms with Gasteiger partial charge in [0.05, 0.1) is 17.1 Å². The molecule has 0 aromatic heterocycles. The second kappa shape index (κ2) is 7.46. The van der Waals surface area contributed by atoms with Crippen molar-refractivity contribution in [1.29, 1.82) is 0 Å². The van der Waals surface area contributed by atoms with Gasteiger partial charge in [0.15, 0.2) is 9.84 Å². The van der Waals surface area contributed by atoms with Crippen molar-refractivity contribution in [3.05, 3.63) is 0 Å². The molecule has 0 amide bonds. The molecule has 1 N–H and O–H groups in total. The maximum absolute atomic E-state index is 12.1. The number of hydrogen-bond acceptors (Lipinski definition) is 4. The molecule has 1 saturated heterocycles. The van der Waals surface area contributed by atoms with Crippen LogP contribution in [0.5, 0.6) is 0 Å². The van der Waals surface area contributed by atoms with Crippen LogP contribution in [0.1, 0.15) is 46.5 Å². The van der Waals surface area contributed by atoms with Gasteiger partial charge in [-0.05, 0) is 33.1 Å². The van der Waals surface area contributed by atoms with E-state index in [4.69, 9.17) is 4.74 Å². The summed E-state index contributed by atoms with van der Waals surface area (Å²) in [5.41, 5.74) is 0. The number of sulfone groups is 1. The Morgan fingerprint density at radius 1 is 1.39 bits per heavy atom. The average Bonchev–Trinajstić information content (AvgIpc) is 2.78. The molecule has 1 rings (SSSR count). The Labute approximate surface area is 111 Å². The van der Waals surface area contributed by atoms with Gasteiger partial charge >= 0.3 is 0 Å². The number of rotatable bonds is 8. The lowest BCUT2D eigenvalue weighted by molar-refractivity contribution is 0.127. The Hall–Kier alpha value is -0.130. The molecule has 1 aliphatic heterocycles. The van der Waals surface area contributed by atoms with Crippen LogP contribution in [0.3, 0.4) is 0 Å². The molecule has 1 aliphatic rings. The van der Waals surface area contributed by atoms with Crippen molar-refractivity contribution in [3.63, 3.8) is 0 Å². The van der Waals surface area contributed by atoms with Crippen molar-refractivity contribution in [3.8, 4) is 0 Å². The van der Waals surface area contributed by atoms with Crippen LogP contribution in [0.2, 0.25) is 0 Å². The molecule has 3 unspecified atom stereocenters. The lowest BCUT2D eigenvalue weighted by Gasteiger charge is -2.19. The van der Waals surface area contributed by atoms with Gasteiger partial charge in [-0.2, -0.15) is 0 Å². The summed E-state index contributed by atoms with van der Waals surface area (Å²) in [5.74, 6) is 0.179. The van der Waals surface area contributed by atoms with Gasteiger partial charge in [0, 0.05) is 19.2 Å². The zero-order valence-electron chi connectivity index (χ0n) is 11.8. The predicted octanol–water partition coefficient (Wildman–Crippen LogP) is 1.75. The van der Waals surface area contributed by atoms with Crippen LogP contribution >= 0.6 is 0 Å². The van der Waals surface area contributed by atoms with Crippen molar-refractivity contribution < 1.29 is 13.2 Å². The van der Waals surface area contributed by atoms with Gasteiger partial charge in [0.2, 0.25) is 0 Å². The Balaban J connectivity index is 2.36. The highest BCUT2D eigenvalue weighted by Gasteiger charge is 2.27. The molecule has 0 spiro atoms. The second-order valence-electron chi connectivity index (χ2n) is 5.37. The fourth-order valence-electron chi connectivity index (χ4n) is 2.23. The fourth-order valence-corrected chi connectivity index (χ4v) is 3.69. The Bertz CT molecular complexity index is 323. The van der Waals surface area contributed by atoms with E-state index in [0.717, 1.165) is 25.7 Å². The normalized spacial score (nSPS) is 24.1. The number of nitrogens with one attached hydrogen (secondary N) is 1. The van der Waals surface area contributed by atoms with Crippen LogP contribution in [0, 0.1) is 0 Å². The molecule has 1 fully saturated rings. The summed E-state index contributed by atoms with van der Waals surface area (Å²) >= 11 is 0. The SMILES string of the molecule is CCCC(C)NCC(C)S(=O)(=O)CC1CCCO1. The highest BCUT2D eigenvalue weighted by molar-refractivity contribution is 7.92. The molecule has 0 bridgehead atoms. The van der Waals surface area contributed by atoms with Crippen LogP contribution in [-0.4, -0.2) is 44.7 Å². The van der Waals surface area contributed by atoms with E-state index < -0.39 is 9.84 Å². The largest absolute Gasteiger partial charge is 0.377 e. The maximum Gasteiger partial charge on any atom is 0.156 e. The van der Waals surface area contributed by atoms with E-state index in [1.165, 1.54) is 0 Å². The number of hydrogen-bond donors (Lipinski definition) is 1. The van der Waals surface area contributed by atoms with Crippen molar-refractivity contribution in [2.45, 2.75) is 63.9 Å². The molecule has 4 nitrogen and oxygen atoms in total. The van der Waals surface area contributed by atoms with Gasteiger partial charge < -0.3 is 10.1 Å². The van der Waals surface area contributed by atoms with Gasteiger partial charge in [-0.1, -0.05) is 13.3 Å². The molecule has 3 atom stereocenters. The van der Waals surface area contributed by atoms with E-state index in [0.29, 0.717) is 19.2 Å². The molecule has 18 heavy (non-hydrogen) atoms. The molecule has 0 aromatic carbocycles. The lowest BCUT2D eigenvalue weighted by atomic mass is 10.2. The summed E-state index contributed by atoms with van der Waals surface area (Å²) in [5, 5.41) is 2.96. The Morgan fingerprint density at radius 2 is 2.11 bits per heavy atom. The fraction of sp³-hybridized carbons (Fsp3) is 1.00. The van der Waals surface area contributed by atoms with Gasteiger partial charge in [-0.25, -0.2) is 8.42 Å². The van der Waals surface area contributed by atoms with E-state index in [1.807, 2.05) is 0 Å². The first-order valence-corrected chi connectivity index (χ1v) is 8.73. The second-order valence-corrected chi connectivity index (χ2v) is 7.84. The minimum Gasteiger partial charge on any atom is -0.377 e. The van der Waals surface area contributed by atoms with Gasteiger partial charge in [-0.15, -0.1) is 0 Å². The standard InChI is InChI=1S/C13H27NO3S/c1-4-6-11(2)14-9-12(3)18(15,16)10-13-7-5-8-17-13/h11-14H,4-10H2,1-3H3. The molecule has 1 heterocycles. The zero-order valence-corrected chi connectivity index (χ0v) is 12.6. The number of ether oxygens (including phenoxy) is 1. The third kappa shape index (κ3) is 5.24. The molecule has 0 aromatic rings. The smallest absolute Gasteiger partial charge is 0.156 e. The van der Waals surface area contributed by atoms with E-state index in [9.17, 15) is 8.42 Å². The molecule has 0 radical (unpaired) electrons. The quantitative estimate of drug-likeness (QED) is 0.734. The van der Waals surface area contributed by atoms with Gasteiger partial charge in [0.25, 0.3) is 0 Å². The minimum atomic E-state index is -3.04. The van der Waals surface area contributed by atoms with Gasteiger partial charge in [0.1, 0.15) is 0 Å². The summed E-state index contributed by atoms with van der Waals surface area (Å²) in [7, 11) is -3.04. The van der Waals surface area contributed by atoms with Crippen LogP contribution in [0.4, 0.5) is 0 Å². The van der Waals surface area contributed by atoms with Crippen LogP contribution < -0.4 is 5.32 Å². The summed E-state index contributed by atoms with van der Waals surface area (Å²) in [6, 6.07) is 0.385. The van der Waals surface area contributed by atoms with Crippen molar-refractivity contribution in [1.82, 2.24) is 5.32 Å². The van der Waals surface area contributed by atoms with Gasteiger partial charge in [-0.3, -0.25) is 0 Å². The van der Waals surface area contributed by atoms with E-state index in [2.05, 4.69) is 19.2 Å². The van der Waals surface area contributed by atoms with E-state index >= 15 is 0 Å². The van der Waals surface area contributed by atoms with Crippen LogP contribution in [-0.2, 0) is 14.6 Å². The Kier molecular flexibility index (Phi) is 6.60. The monoisotopic (exact) mass is 277 g/mol. The van der Waals surface area contributed by atoms with Crippen molar-refractivity contribution in [2.24, 2.45) is 0 Å². The molecule has 0 saturated carbocycles. The first kappa shape index (κ1) is 15.9. The minimum absolute atomic E-state index is 0.0782. The molecule has 0 aliphatic carbocycles. The Morgan fingerprint density at radius 3 is 2.67 bits per heavy atom. The highest BCUT2D eigenvalue weighted by atomic mass is 32.2. The molecule has 5 heteroatoms. The molecule has 108 valence electrons.